The number of aliphatic hydroxyl groups excluding tert-OH is 1. The van der Waals surface area contributed by atoms with Gasteiger partial charge in [-0.25, -0.2) is 0 Å². The van der Waals surface area contributed by atoms with Crippen LogP contribution in [-0.4, -0.2) is 22.2 Å². The highest BCUT2D eigenvalue weighted by Crippen LogP contribution is 2.29. The Bertz CT molecular complexity index is 487. The number of halogens is 1. The molecule has 0 aromatic heterocycles. The van der Waals surface area contributed by atoms with Crippen molar-refractivity contribution in [1.82, 2.24) is 5.32 Å². The number of aliphatic hydroxyl groups is 1. The van der Waals surface area contributed by atoms with E-state index in [1.807, 2.05) is 0 Å². The summed E-state index contributed by atoms with van der Waals surface area (Å²) >= 11 is 5.91. The lowest BCUT2D eigenvalue weighted by atomic mass is 9.82. The summed E-state index contributed by atoms with van der Waals surface area (Å²) in [5.74, 6) is 0. The SMILES string of the molecule is O=[N+]([O-])c1ccc(Cl)cc1CNC1(CO)CCCCC1. The summed E-state index contributed by atoms with van der Waals surface area (Å²) in [5.41, 5.74) is 0.306. The zero-order chi connectivity index (χ0) is 14.6. The number of benzene rings is 1. The maximum absolute atomic E-state index is 11.0. The van der Waals surface area contributed by atoms with Gasteiger partial charge >= 0.3 is 0 Å². The lowest BCUT2D eigenvalue weighted by molar-refractivity contribution is -0.385. The molecule has 0 spiro atoms. The first-order chi connectivity index (χ1) is 9.56. The molecule has 0 atom stereocenters. The molecule has 1 fully saturated rings. The molecule has 2 rings (SSSR count). The van der Waals surface area contributed by atoms with Gasteiger partial charge < -0.3 is 10.4 Å². The molecule has 0 aliphatic heterocycles. The van der Waals surface area contributed by atoms with Gasteiger partial charge in [0.15, 0.2) is 0 Å². The molecule has 0 heterocycles. The molecular weight excluding hydrogens is 280 g/mol. The molecule has 5 nitrogen and oxygen atoms in total. The van der Waals surface area contributed by atoms with E-state index < -0.39 is 4.92 Å². The summed E-state index contributed by atoms with van der Waals surface area (Å²) in [6, 6.07) is 4.55. The van der Waals surface area contributed by atoms with Crippen LogP contribution in [-0.2, 0) is 6.54 Å². The Hall–Kier alpha value is -1.17. The highest BCUT2D eigenvalue weighted by molar-refractivity contribution is 6.30. The third kappa shape index (κ3) is 3.48. The van der Waals surface area contributed by atoms with Crippen LogP contribution in [0.4, 0.5) is 5.69 Å². The normalized spacial score (nSPS) is 17.9. The average Bonchev–Trinajstić information content (AvgIpc) is 2.46. The summed E-state index contributed by atoms with van der Waals surface area (Å²) in [6.45, 7) is 0.402. The Morgan fingerprint density at radius 3 is 2.65 bits per heavy atom. The van der Waals surface area contributed by atoms with Crippen molar-refractivity contribution in [3.63, 3.8) is 0 Å². The molecule has 0 saturated heterocycles. The second-order valence-electron chi connectivity index (χ2n) is 5.38. The van der Waals surface area contributed by atoms with Crippen molar-refractivity contribution in [2.75, 3.05) is 6.61 Å². The van der Waals surface area contributed by atoms with Crippen LogP contribution in [0.5, 0.6) is 0 Å². The molecule has 0 radical (unpaired) electrons. The monoisotopic (exact) mass is 298 g/mol. The third-order valence-electron chi connectivity index (χ3n) is 4.01. The predicted octanol–water partition coefficient (Wildman–Crippen LogP) is 3.03. The topological polar surface area (TPSA) is 75.4 Å². The van der Waals surface area contributed by atoms with Crippen LogP contribution in [0.25, 0.3) is 0 Å². The van der Waals surface area contributed by atoms with E-state index in [4.69, 9.17) is 11.6 Å². The van der Waals surface area contributed by atoms with E-state index >= 15 is 0 Å². The maximum atomic E-state index is 11.0. The fourth-order valence-electron chi connectivity index (χ4n) is 2.78. The molecule has 1 aromatic rings. The fourth-order valence-corrected chi connectivity index (χ4v) is 2.97. The van der Waals surface area contributed by atoms with Gasteiger partial charge in [0.25, 0.3) is 5.69 Å². The minimum Gasteiger partial charge on any atom is -0.394 e. The zero-order valence-corrected chi connectivity index (χ0v) is 12.0. The van der Waals surface area contributed by atoms with Crippen LogP contribution in [0.15, 0.2) is 18.2 Å². The minimum atomic E-state index is -0.403. The molecule has 0 amide bonds. The molecule has 2 N–H and O–H groups in total. The molecule has 1 saturated carbocycles. The Morgan fingerprint density at radius 2 is 2.05 bits per heavy atom. The van der Waals surface area contributed by atoms with Crippen molar-refractivity contribution in [3.05, 3.63) is 38.9 Å². The van der Waals surface area contributed by atoms with Gasteiger partial charge in [-0.2, -0.15) is 0 Å². The molecular formula is C14H19ClN2O3. The number of nitro benzene ring substituents is 1. The van der Waals surface area contributed by atoms with Crippen LogP contribution in [0.3, 0.4) is 0 Å². The zero-order valence-electron chi connectivity index (χ0n) is 11.3. The molecule has 1 aromatic carbocycles. The number of nitro groups is 1. The first-order valence-corrected chi connectivity index (χ1v) is 7.23. The quantitative estimate of drug-likeness (QED) is 0.647. The standard InChI is InChI=1S/C14H19ClN2O3/c15-12-4-5-13(17(19)20)11(8-12)9-16-14(10-18)6-2-1-3-7-14/h4-5,8,16,18H,1-3,6-7,9-10H2. The highest BCUT2D eigenvalue weighted by Gasteiger charge is 2.31. The first kappa shape index (κ1) is 15.2. The molecule has 1 aliphatic carbocycles. The summed E-state index contributed by atoms with van der Waals surface area (Å²) in [7, 11) is 0. The third-order valence-corrected chi connectivity index (χ3v) is 4.24. The van der Waals surface area contributed by atoms with Gasteiger partial charge in [-0.15, -0.1) is 0 Å². The van der Waals surface area contributed by atoms with Crippen LogP contribution in [0, 0.1) is 10.1 Å². The average molecular weight is 299 g/mol. The van der Waals surface area contributed by atoms with E-state index in [1.165, 1.54) is 18.6 Å². The van der Waals surface area contributed by atoms with Crippen molar-refractivity contribution in [2.24, 2.45) is 0 Å². The number of nitrogens with one attached hydrogen (secondary N) is 1. The van der Waals surface area contributed by atoms with Crippen molar-refractivity contribution >= 4 is 17.3 Å². The van der Waals surface area contributed by atoms with Gasteiger partial charge in [0.2, 0.25) is 0 Å². The second-order valence-corrected chi connectivity index (χ2v) is 5.82. The van der Waals surface area contributed by atoms with Crippen LogP contribution >= 0.6 is 11.6 Å². The van der Waals surface area contributed by atoms with E-state index in [1.54, 1.807) is 6.07 Å². The fraction of sp³-hybridized carbons (Fsp3) is 0.571. The Morgan fingerprint density at radius 1 is 1.35 bits per heavy atom. The number of hydrogen-bond donors (Lipinski definition) is 2. The van der Waals surface area contributed by atoms with Crippen LogP contribution < -0.4 is 5.32 Å². The largest absolute Gasteiger partial charge is 0.394 e. The molecule has 0 unspecified atom stereocenters. The van der Waals surface area contributed by atoms with Crippen molar-refractivity contribution in [1.29, 1.82) is 0 Å². The lowest BCUT2D eigenvalue weighted by Gasteiger charge is -2.36. The molecule has 1 aliphatic rings. The Labute approximate surface area is 123 Å². The summed E-state index contributed by atoms with van der Waals surface area (Å²) in [6.07, 6.45) is 5.13. The lowest BCUT2D eigenvalue weighted by Crippen LogP contribution is -2.49. The number of rotatable bonds is 5. The van der Waals surface area contributed by atoms with Gasteiger partial charge in [-0.1, -0.05) is 30.9 Å². The van der Waals surface area contributed by atoms with Gasteiger partial charge in [0, 0.05) is 28.7 Å². The van der Waals surface area contributed by atoms with Crippen LogP contribution in [0.1, 0.15) is 37.7 Å². The van der Waals surface area contributed by atoms with E-state index in [2.05, 4.69) is 5.32 Å². The smallest absolute Gasteiger partial charge is 0.273 e. The van der Waals surface area contributed by atoms with Gasteiger partial charge in [-0.05, 0) is 25.0 Å². The summed E-state index contributed by atoms with van der Waals surface area (Å²) in [4.78, 5) is 10.6. The van der Waals surface area contributed by atoms with Crippen molar-refractivity contribution < 1.29 is 10.0 Å². The molecule has 110 valence electrons. The predicted molar refractivity (Wildman–Crippen MR) is 77.8 cm³/mol. The minimum absolute atomic E-state index is 0.0569. The molecule has 6 heteroatoms. The highest BCUT2D eigenvalue weighted by atomic mass is 35.5. The molecule has 20 heavy (non-hydrogen) atoms. The Balaban J connectivity index is 2.13. The van der Waals surface area contributed by atoms with Crippen molar-refractivity contribution in [3.8, 4) is 0 Å². The van der Waals surface area contributed by atoms with Crippen LogP contribution in [0.2, 0.25) is 5.02 Å². The number of nitrogens with zero attached hydrogens (tertiary/aromatic N) is 1. The van der Waals surface area contributed by atoms with Crippen molar-refractivity contribution in [2.45, 2.75) is 44.2 Å². The number of hydrogen-bond acceptors (Lipinski definition) is 4. The van der Waals surface area contributed by atoms with Gasteiger partial charge in [0.1, 0.15) is 0 Å². The maximum Gasteiger partial charge on any atom is 0.273 e. The Kier molecular flexibility index (Phi) is 4.96. The van der Waals surface area contributed by atoms with Gasteiger partial charge in [-0.3, -0.25) is 10.1 Å². The summed E-state index contributed by atoms with van der Waals surface area (Å²) < 4.78 is 0. The second kappa shape index (κ2) is 6.52. The van der Waals surface area contributed by atoms with E-state index in [0.717, 1.165) is 25.7 Å². The first-order valence-electron chi connectivity index (χ1n) is 6.85. The van der Waals surface area contributed by atoms with E-state index in [0.29, 0.717) is 17.1 Å². The molecule has 0 bridgehead atoms. The van der Waals surface area contributed by atoms with E-state index in [9.17, 15) is 15.2 Å². The summed E-state index contributed by atoms with van der Waals surface area (Å²) in [5, 5.41) is 24.4. The van der Waals surface area contributed by atoms with E-state index in [-0.39, 0.29) is 17.8 Å². The van der Waals surface area contributed by atoms with Gasteiger partial charge in [0.05, 0.1) is 11.5 Å².